The summed E-state index contributed by atoms with van der Waals surface area (Å²) in [5.74, 6) is 0. The molecule has 1 aromatic carbocycles. The van der Waals surface area contributed by atoms with Crippen LogP contribution in [0.2, 0.25) is 0 Å². The van der Waals surface area contributed by atoms with Crippen molar-refractivity contribution in [1.29, 1.82) is 5.26 Å². The van der Waals surface area contributed by atoms with Gasteiger partial charge in [0.15, 0.2) is 0 Å². The molecule has 1 aromatic rings. The Morgan fingerprint density at radius 1 is 1.20 bits per heavy atom. The molecule has 1 saturated carbocycles. The summed E-state index contributed by atoms with van der Waals surface area (Å²) in [6.45, 7) is 1.04. The minimum Gasteiger partial charge on any atom is -0.396 e. The quantitative estimate of drug-likeness (QED) is 0.836. The summed E-state index contributed by atoms with van der Waals surface area (Å²) in [7, 11) is 0. The molecular formula is C17H24N2O. The number of nitrogens with zero attached hydrogens (tertiary/aromatic N) is 1. The molecule has 1 unspecified atom stereocenters. The molecule has 20 heavy (non-hydrogen) atoms. The van der Waals surface area contributed by atoms with Crippen LogP contribution in [-0.4, -0.2) is 18.3 Å². The van der Waals surface area contributed by atoms with Crippen molar-refractivity contribution < 1.29 is 5.11 Å². The molecule has 1 aliphatic carbocycles. The molecule has 108 valence electrons. The molecule has 3 heteroatoms. The van der Waals surface area contributed by atoms with Gasteiger partial charge in [-0.1, -0.05) is 49.6 Å². The van der Waals surface area contributed by atoms with E-state index in [9.17, 15) is 5.11 Å². The van der Waals surface area contributed by atoms with E-state index in [2.05, 4.69) is 23.5 Å². The zero-order valence-corrected chi connectivity index (χ0v) is 12.0. The van der Waals surface area contributed by atoms with Gasteiger partial charge in [-0.15, -0.1) is 0 Å². The molecule has 0 bridgehead atoms. The lowest BCUT2D eigenvalue weighted by molar-refractivity contribution is 0.0784. The maximum Gasteiger partial charge on any atom is 0.0641 e. The van der Waals surface area contributed by atoms with Crippen molar-refractivity contribution in [2.24, 2.45) is 5.41 Å². The molecule has 0 spiro atoms. The summed E-state index contributed by atoms with van der Waals surface area (Å²) >= 11 is 0. The maximum atomic E-state index is 9.75. The van der Waals surface area contributed by atoms with Crippen LogP contribution in [0.3, 0.4) is 0 Å². The minimum absolute atomic E-state index is 0.0146. The molecule has 0 aromatic heterocycles. The fourth-order valence-corrected chi connectivity index (χ4v) is 3.12. The van der Waals surface area contributed by atoms with Crippen molar-refractivity contribution in [2.75, 3.05) is 13.2 Å². The lowest BCUT2D eigenvalue weighted by atomic mass is 9.74. The van der Waals surface area contributed by atoms with Crippen LogP contribution in [0.4, 0.5) is 0 Å². The van der Waals surface area contributed by atoms with Crippen molar-refractivity contribution >= 4 is 0 Å². The first-order valence-electron chi connectivity index (χ1n) is 7.56. The number of hydrogen-bond donors (Lipinski definition) is 2. The third-order valence-corrected chi connectivity index (χ3v) is 4.47. The first kappa shape index (κ1) is 15.0. The van der Waals surface area contributed by atoms with Crippen molar-refractivity contribution in [3.05, 3.63) is 35.9 Å². The van der Waals surface area contributed by atoms with Crippen molar-refractivity contribution in [3.8, 4) is 6.07 Å². The molecule has 1 atom stereocenters. The third-order valence-electron chi connectivity index (χ3n) is 4.47. The lowest BCUT2D eigenvalue weighted by Gasteiger charge is -2.37. The summed E-state index contributed by atoms with van der Waals surface area (Å²) in [4.78, 5) is 0. The maximum absolute atomic E-state index is 9.75. The van der Waals surface area contributed by atoms with Gasteiger partial charge in [-0.2, -0.15) is 5.26 Å². The zero-order valence-electron chi connectivity index (χ0n) is 12.0. The highest BCUT2D eigenvalue weighted by Gasteiger charge is 2.31. The number of benzene rings is 1. The van der Waals surface area contributed by atoms with E-state index in [0.717, 1.165) is 24.9 Å². The van der Waals surface area contributed by atoms with Gasteiger partial charge in [-0.05, 0) is 18.4 Å². The normalized spacial score (nSPS) is 19.2. The SMILES string of the molecule is N#CCC(NCC1(CO)CCCCC1)c1ccccc1. The highest BCUT2D eigenvalue weighted by molar-refractivity contribution is 5.20. The zero-order chi connectivity index (χ0) is 14.3. The monoisotopic (exact) mass is 272 g/mol. The molecule has 0 saturated heterocycles. The lowest BCUT2D eigenvalue weighted by Crippen LogP contribution is -2.40. The second kappa shape index (κ2) is 7.42. The summed E-state index contributed by atoms with van der Waals surface area (Å²) in [5, 5.41) is 22.3. The van der Waals surface area contributed by atoms with E-state index in [1.807, 2.05) is 18.2 Å². The molecule has 0 radical (unpaired) electrons. The largest absolute Gasteiger partial charge is 0.396 e. The third kappa shape index (κ3) is 3.82. The summed E-state index contributed by atoms with van der Waals surface area (Å²) in [5.41, 5.74) is 1.17. The summed E-state index contributed by atoms with van der Waals surface area (Å²) < 4.78 is 0. The number of nitriles is 1. The van der Waals surface area contributed by atoms with E-state index in [1.165, 1.54) is 19.3 Å². The number of aliphatic hydroxyl groups is 1. The predicted molar refractivity (Wildman–Crippen MR) is 80.0 cm³/mol. The first-order valence-corrected chi connectivity index (χ1v) is 7.56. The first-order chi connectivity index (χ1) is 9.79. The molecule has 0 amide bonds. The molecule has 2 rings (SSSR count). The second-order valence-corrected chi connectivity index (χ2v) is 5.93. The van der Waals surface area contributed by atoms with Crippen molar-refractivity contribution in [1.82, 2.24) is 5.32 Å². The van der Waals surface area contributed by atoms with Crippen LogP contribution < -0.4 is 5.32 Å². The topological polar surface area (TPSA) is 56.0 Å². The number of hydrogen-bond acceptors (Lipinski definition) is 3. The number of aliphatic hydroxyl groups excluding tert-OH is 1. The van der Waals surface area contributed by atoms with Gasteiger partial charge in [0, 0.05) is 24.6 Å². The minimum atomic E-state index is 0.0146. The van der Waals surface area contributed by atoms with Gasteiger partial charge in [0.25, 0.3) is 0 Å². The Kier molecular flexibility index (Phi) is 5.58. The van der Waals surface area contributed by atoms with E-state index in [1.54, 1.807) is 0 Å². The van der Waals surface area contributed by atoms with Gasteiger partial charge in [0.1, 0.15) is 0 Å². The van der Waals surface area contributed by atoms with E-state index >= 15 is 0 Å². The summed E-state index contributed by atoms with van der Waals surface area (Å²) in [6.07, 6.45) is 6.33. The van der Waals surface area contributed by atoms with Crippen LogP contribution in [0, 0.1) is 16.7 Å². The van der Waals surface area contributed by atoms with Gasteiger partial charge < -0.3 is 10.4 Å². The second-order valence-electron chi connectivity index (χ2n) is 5.93. The van der Waals surface area contributed by atoms with Gasteiger partial charge in [0.2, 0.25) is 0 Å². The Bertz CT molecular complexity index is 432. The number of nitrogens with one attached hydrogen (secondary N) is 1. The molecule has 1 aliphatic rings. The molecular weight excluding hydrogens is 248 g/mol. The Morgan fingerprint density at radius 2 is 1.90 bits per heavy atom. The van der Waals surface area contributed by atoms with Crippen LogP contribution in [0.1, 0.15) is 50.1 Å². The van der Waals surface area contributed by atoms with Crippen LogP contribution >= 0.6 is 0 Å². The van der Waals surface area contributed by atoms with E-state index in [-0.39, 0.29) is 18.1 Å². The van der Waals surface area contributed by atoms with E-state index in [4.69, 9.17) is 5.26 Å². The number of rotatable bonds is 6. The average molecular weight is 272 g/mol. The predicted octanol–water partition coefficient (Wildman–Crippen LogP) is 3.17. The molecule has 0 heterocycles. The van der Waals surface area contributed by atoms with E-state index in [0.29, 0.717) is 6.42 Å². The van der Waals surface area contributed by atoms with Gasteiger partial charge in [-0.25, -0.2) is 0 Å². The fraction of sp³-hybridized carbons (Fsp3) is 0.588. The summed E-state index contributed by atoms with van der Waals surface area (Å²) in [6, 6.07) is 12.4. The van der Waals surface area contributed by atoms with Crippen LogP contribution in [0.15, 0.2) is 30.3 Å². The molecule has 1 fully saturated rings. The van der Waals surface area contributed by atoms with Crippen molar-refractivity contribution in [3.63, 3.8) is 0 Å². The standard InChI is InChI=1S/C17H24N2O/c18-12-9-16(15-7-3-1-4-8-15)19-13-17(14-20)10-5-2-6-11-17/h1,3-4,7-8,16,19-20H,2,5-6,9-11,13-14H2. The average Bonchev–Trinajstić information content (AvgIpc) is 2.53. The van der Waals surface area contributed by atoms with Crippen molar-refractivity contribution in [2.45, 2.75) is 44.6 Å². The molecule has 0 aliphatic heterocycles. The van der Waals surface area contributed by atoms with Gasteiger partial charge in [-0.3, -0.25) is 0 Å². The Balaban J connectivity index is 2.00. The van der Waals surface area contributed by atoms with Gasteiger partial charge in [0.05, 0.1) is 12.5 Å². The molecule has 2 N–H and O–H groups in total. The van der Waals surface area contributed by atoms with Crippen LogP contribution in [0.5, 0.6) is 0 Å². The highest BCUT2D eigenvalue weighted by atomic mass is 16.3. The Morgan fingerprint density at radius 3 is 2.50 bits per heavy atom. The van der Waals surface area contributed by atoms with Gasteiger partial charge >= 0.3 is 0 Å². The van der Waals surface area contributed by atoms with E-state index < -0.39 is 0 Å². The Labute approximate surface area is 121 Å². The Hall–Kier alpha value is -1.37. The molecule has 3 nitrogen and oxygen atoms in total. The smallest absolute Gasteiger partial charge is 0.0641 e. The highest BCUT2D eigenvalue weighted by Crippen LogP contribution is 2.35. The van der Waals surface area contributed by atoms with Crippen LogP contribution in [-0.2, 0) is 0 Å². The van der Waals surface area contributed by atoms with Crippen LogP contribution in [0.25, 0.3) is 0 Å². The fourth-order valence-electron chi connectivity index (χ4n) is 3.12.